The van der Waals surface area contributed by atoms with E-state index in [1.807, 2.05) is 24.3 Å². The van der Waals surface area contributed by atoms with E-state index < -0.39 is 12.6 Å². The Balaban J connectivity index is 1.55. The minimum absolute atomic E-state index is 0.000651. The molecule has 3 nitrogen and oxygen atoms in total. The van der Waals surface area contributed by atoms with Crippen molar-refractivity contribution in [1.29, 1.82) is 0 Å². The molecule has 1 atom stereocenters. The van der Waals surface area contributed by atoms with Crippen molar-refractivity contribution >= 4 is 5.91 Å². The molecule has 0 aromatic heterocycles. The number of allylic oxidation sites excluding steroid dienone is 6. The molecule has 3 rings (SSSR count). The number of carbonyl (C=O) groups excluding carboxylic acids is 1. The molecule has 2 aliphatic carbocycles. The molecular weight excluding hydrogens is 305 g/mol. The number of rotatable bonds is 4. The fraction of sp³-hybridized carbons (Fsp3) is 0.471. The van der Waals surface area contributed by atoms with Gasteiger partial charge in [-0.1, -0.05) is 24.3 Å². The first-order valence-electron chi connectivity index (χ1n) is 7.83. The molecule has 0 radical (unpaired) electrons. The smallest absolute Gasteiger partial charge is 0.348 e. The lowest BCUT2D eigenvalue weighted by atomic mass is 10.0. The van der Waals surface area contributed by atoms with Gasteiger partial charge >= 0.3 is 6.18 Å². The lowest BCUT2D eigenvalue weighted by molar-refractivity contribution is -0.138. The first kappa shape index (κ1) is 16.1. The largest absolute Gasteiger partial charge is 0.390 e. The molecule has 0 aromatic carbocycles. The van der Waals surface area contributed by atoms with E-state index in [9.17, 15) is 18.0 Å². The molecule has 1 heterocycles. The van der Waals surface area contributed by atoms with Gasteiger partial charge in [-0.25, -0.2) is 0 Å². The average molecular weight is 324 g/mol. The lowest BCUT2D eigenvalue weighted by Gasteiger charge is -2.33. The molecule has 0 aromatic rings. The molecule has 0 unspecified atom stereocenters. The number of nitrogens with one attached hydrogen (secondary N) is 1. The van der Waals surface area contributed by atoms with Gasteiger partial charge in [-0.2, -0.15) is 13.2 Å². The van der Waals surface area contributed by atoms with E-state index in [0.717, 1.165) is 24.0 Å². The Kier molecular flexibility index (Phi) is 4.43. The summed E-state index contributed by atoms with van der Waals surface area (Å²) in [4.78, 5) is 14.2. The van der Waals surface area contributed by atoms with Crippen LogP contribution in [-0.4, -0.2) is 42.7 Å². The van der Waals surface area contributed by atoms with Gasteiger partial charge < -0.3 is 10.2 Å². The first-order chi connectivity index (χ1) is 10.9. The van der Waals surface area contributed by atoms with Crippen LogP contribution in [0.5, 0.6) is 0 Å². The number of alkyl halides is 3. The van der Waals surface area contributed by atoms with Crippen molar-refractivity contribution in [2.24, 2.45) is 0 Å². The Bertz CT molecular complexity index is 614. The van der Waals surface area contributed by atoms with Gasteiger partial charge in [-0.05, 0) is 36.6 Å². The standard InChI is InChI=1S/C17H19F3N2O/c18-17(19,20)8-10-22-9-2-4-13(11-22)21-16(23)15-7-6-12-3-1-5-14(12)15/h1,3,5-7,13H,2,4,8-11H2,(H,21,23)/t13-/m0/s1. The number of fused-ring (bicyclic) bond motifs is 1. The zero-order chi connectivity index (χ0) is 16.4. The fourth-order valence-corrected chi connectivity index (χ4v) is 3.21. The molecule has 124 valence electrons. The van der Waals surface area contributed by atoms with Gasteiger partial charge in [-0.15, -0.1) is 0 Å². The average Bonchev–Trinajstić information content (AvgIpc) is 3.07. The minimum atomic E-state index is -4.13. The second-order valence-electron chi connectivity index (χ2n) is 6.12. The van der Waals surface area contributed by atoms with E-state index in [1.54, 1.807) is 11.0 Å². The van der Waals surface area contributed by atoms with E-state index in [-0.39, 0.29) is 18.5 Å². The number of piperidine rings is 1. The molecule has 1 aliphatic heterocycles. The molecule has 1 N–H and O–H groups in total. The highest BCUT2D eigenvalue weighted by Gasteiger charge is 2.30. The number of amides is 1. The zero-order valence-corrected chi connectivity index (χ0v) is 12.7. The van der Waals surface area contributed by atoms with Crippen molar-refractivity contribution in [2.45, 2.75) is 31.5 Å². The van der Waals surface area contributed by atoms with Gasteiger partial charge in [0.15, 0.2) is 0 Å². The third-order valence-electron chi connectivity index (χ3n) is 4.37. The Labute approximate surface area is 133 Å². The SMILES string of the molecule is O=C(N[C@H]1CCCN(CCC(F)(F)F)C1)C1=C2C=CC=C2C=C1. The summed E-state index contributed by atoms with van der Waals surface area (Å²) in [5.41, 5.74) is 2.59. The van der Waals surface area contributed by atoms with E-state index in [1.165, 1.54) is 0 Å². The quantitative estimate of drug-likeness (QED) is 0.862. The zero-order valence-electron chi connectivity index (χ0n) is 12.7. The van der Waals surface area contributed by atoms with Crippen molar-refractivity contribution in [2.75, 3.05) is 19.6 Å². The topological polar surface area (TPSA) is 32.3 Å². The van der Waals surface area contributed by atoms with E-state index >= 15 is 0 Å². The van der Waals surface area contributed by atoms with Crippen LogP contribution >= 0.6 is 0 Å². The summed E-state index contributed by atoms with van der Waals surface area (Å²) in [5, 5.41) is 2.97. The van der Waals surface area contributed by atoms with E-state index in [0.29, 0.717) is 18.7 Å². The lowest BCUT2D eigenvalue weighted by Crippen LogP contribution is -2.48. The summed E-state index contributed by atoms with van der Waals surface area (Å²) in [7, 11) is 0. The van der Waals surface area contributed by atoms with Crippen LogP contribution in [0.25, 0.3) is 0 Å². The molecule has 1 fully saturated rings. The summed E-state index contributed by atoms with van der Waals surface area (Å²) < 4.78 is 37.0. The molecule has 0 saturated carbocycles. The van der Waals surface area contributed by atoms with Crippen molar-refractivity contribution < 1.29 is 18.0 Å². The highest BCUT2D eigenvalue weighted by Crippen LogP contribution is 2.30. The van der Waals surface area contributed by atoms with Crippen LogP contribution in [0.2, 0.25) is 0 Å². The number of likely N-dealkylation sites (tertiary alicyclic amines) is 1. The normalized spacial score (nSPS) is 24.1. The van der Waals surface area contributed by atoms with Crippen LogP contribution in [0.15, 0.2) is 47.1 Å². The third kappa shape index (κ3) is 3.93. The van der Waals surface area contributed by atoms with Crippen LogP contribution in [0.3, 0.4) is 0 Å². The molecule has 6 heteroatoms. The second kappa shape index (κ2) is 6.35. The van der Waals surface area contributed by atoms with Crippen molar-refractivity contribution in [3.05, 3.63) is 47.1 Å². The summed E-state index contributed by atoms with van der Waals surface area (Å²) >= 11 is 0. The van der Waals surface area contributed by atoms with Gasteiger partial charge in [0.05, 0.1) is 6.42 Å². The number of hydrogen-bond donors (Lipinski definition) is 1. The number of carbonyl (C=O) groups is 1. The molecule has 0 bridgehead atoms. The number of hydrogen-bond acceptors (Lipinski definition) is 2. The molecular formula is C17H19F3N2O. The van der Waals surface area contributed by atoms with Gasteiger partial charge in [0.2, 0.25) is 0 Å². The summed E-state index contributed by atoms with van der Waals surface area (Å²) in [6, 6.07) is -0.0932. The van der Waals surface area contributed by atoms with E-state index in [4.69, 9.17) is 0 Å². The predicted octanol–water partition coefficient (Wildman–Crippen LogP) is 2.88. The maximum atomic E-state index is 12.4. The summed E-state index contributed by atoms with van der Waals surface area (Å²) in [5.74, 6) is -0.145. The van der Waals surface area contributed by atoms with Gasteiger partial charge in [-0.3, -0.25) is 4.79 Å². The highest BCUT2D eigenvalue weighted by molar-refractivity contribution is 6.00. The number of halogens is 3. The Morgan fingerprint density at radius 3 is 2.91 bits per heavy atom. The second-order valence-corrected chi connectivity index (χ2v) is 6.12. The summed E-state index contributed by atoms with van der Waals surface area (Å²) in [6.45, 7) is 1.14. The number of nitrogens with zero attached hydrogens (tertiary/aromatic N) is 1. The van der Waals surface area contributed by atoms with Crippen molar-refractivity contribution in [3.63, 3.8) is 0 Å². The highest BCUT2D eigenvalue weighted by atomic mass is 19.4. The molecule has 0 spiro atoms. The molecule has 1 amide bonds. The van der Waals surface area contributed by atoms with Crippen LogP contribution in [0.4, 0.5) is 13.2 Å². The monoisotopic (exact) mass is 324 g/mol. The van der Waals surface area contributed by atoms with Gasteiger partial charge in [0.1, 0.15) is 0 Å². The van der Waals surface area contributed by atoms with Crippen molar-refractivity contribution in [1.82, 2.24) is 10.2 Å². The predicted molar refractivity (Wildman–Crippen MR) is 81.7 cm³/mol. The maximum Gasteiger partial charge on any atom is 0.390 e. The van der Waals surface area contributed by atoms with Crippen LogP contribution in [-0.2, 0) is 4.79 Å². The van der Waals surface area contributed by atoms with Crippen LogP contribution in [0, 0.1) is 0 Å². The van der Waals surface area contributed by atoms with Gasteiger partial charge in [0, 0.05) is 24.7 Å². The molecule has 1 saturated heterocycles. The first-order valence-corrected chi connectivity index (χ1v) is 7.83. The molecule has 3 aliphatic rings. The maximum absolute atomic E-state index is 12.4. The summed E-state index contributed by atoms with van der Waals surface area (Å²) in [6.07, 6.45) is 6.13. The van der Waals surface area contributed by atoms with Crippen molar-refractivity contribution in [3.8, 4) is 0 Å². The minimum Gasteiger partial charge on any atom is -0.348 e. The molecule has 23 heavy (non-hydrogen) atoms. The van der Waals surface area contributed by atoms with E-state index in [2.05, 4.69) is 5.32 Å². The Hall–Kier alpha value is -1.82. The Morgan fingerprint density at radius 1 is 1.30 bits per heavy atom. The van der Waals surface area contributed by atoms with Crippen LogP contribution in [0.1, 0.15) is 19.3 Å². The fourth-order valence-electron chi connectivity index (χ4n) is 3.21. The van der Waals surface area contributed by atoms with Gasteiger partial charge in [0.25, 0.3) is 5.91 Å². The Morgan fingerprint density at radius 2 is 2.13 bits per heavy atom. The van der Waals surface area contributed by atoms with Crippen LogP contribution < -0.4 is 5.32 Å². The third-order valence-corrected chi connectivity index (χ3v) is 4.37.